The van der Waals surface area contributed by atoms with Crippen molar-refractivity contribution in [3.8, 4) is 0 Å². The van der Waals surface area contributed by atoms with E-state index in [4.69, 9.17) is 13.6 Å². The number of carbonyl (C=O) groups excluding carboxylic acids is 3. The van der Waals surface area contributed by atoms with Gasteiger partial charge in [-0.05, 0) is 56.9 Å². The first-order chi connectivity index (χ1) is 15.9. The Balaban J connectivity index is 1.59. The number of hydrogen-bond donors (Lipinski definition) is 1. The standard InChI is InChI=1S/C25H30N2O6/c1-17-9-10-19(33-17)15-26-22(28)13-18-14-25(24(30)31-2)11-5-3-4-8-21(25)27(23(18)29)16-20-7-6-12-32-20/h6-10,12,18H,3-5,11,13-16H2,1-2H3,(H,26,28)/t18-,25+/m1/s1. The van der Waals surface area contributed by atoms with Crippen LogP contribution in [0.3, 0.4) is 0 Å². The fraction of sp³-hybridized carbons (Fsp3) is 0.480. The van der Waals surface area contributed by atoms with Crippen LogP contribution in [0.2, 0.25) is 0 Å². The first kappa shape index (κ1) is 22.9. The molecule has 33 heavy (non-hydrogen) atoms. The summed E-state index contributed by atoms with van der Waals surface area (Å²) in [4.78, 5) is 41.1. The number of likely N-dealkylation sites (tertiary alicyclic amines) is 1. The molecule has 0 unspecified atom stereocenters. The summed E-state index contributed by atoms with van der Waals surface area (Å²) in [5.74, 6) is 0.588. The molecule has 2 atom stereocenters. The largest absolute Gasteiger partial charge is 0.468 e. The molecule has 3 heterocycles. The topological polar surface area (TPSA) is 102 Å². The highest BCUT2D eigenvalue weighted by Crippen LogP contribution is 2.49. The summed E-state index contributed by atoms with van der Waals surface area (Å²) < 4.78 is 16.2. The molecule has 0 aromatic carbocycles. The minimum absolute atomic E-state index is 0.0147. The van der Waals surface area contributed by atoms with Gasteiger partial charge in [-0.2, -0.15) is 0 Å². The van der Waals surface area contributed by atoms with Gasteiger partial charge < -0.3 is 23.8 Å². The number of nitrogens with one attached hydrogen (secondary N) is 1. The van der Waals surface area contributed by atoms with Crippen LogP contribution in [-0.2, 0) is 32.2 Å². The summed E-state index contributed by atoms with van der Waals surface area (Å²) >= 11 is 0. The maximum atomic E-state index is 13.6. The molecule has 1 saturated heterocycles. The van der Waals surface area contributed by atoms with E-state index in [1.807, 2.05) is 19.1 Å². The van der Waals surface area contributed by atoms with Crippen molar-refractivity contribution in [2.24, 2.45) is 11.3 Å². The number of rotatable bonds is 7. The molecule has 0 radical (unpaired) electrons. The lowest BCUT2D eigenvalue weighted by molar-refractivity contribution is -0.160. The zero-order valence-corrected chi connectivity index (χ0v) is 19.1. The third-order valence-corrected chi connectivity index (χ3v) is 6.54. The molecule has 8 heteroatoms. The summed E-state index contributed by atoms with van der Waals surface area (Å²) in [5.41, 5.74) is -0.273. The number of ether oxygens (including phenoxy) is 1. The smallest absolute Gasteiger partial charge is 0.317 e. The average molecular weight is 455 g/mol. The molecule has 4 rings (SSSR count). The minimum atomic E-state index is -0.950. The minimum Gasteiger partial charge on any atom is -0.468 e. The number of methoxy groups -OCH3 is 1. The number of furan rings is 2. The number of amides is 2. The Hall–Kier alpha value is -3.29. The lowest BCUT2D eigenvalue weighted by Gasteiger charge is -2.45. The van der Waals surface area contributed by atoms with E-state index in [2.05, 4.69) is 5.32 Å². The number of fused-ring (bicyclic) bond motifs is 1. The molecule has 1 fully saturated rings. The Kier molecular flexibility index (Phi) is 6.72. The van der Waals surface area contributed by atoms with Crippen molar-refractivity contribution in [1.82, 2.24) is 10.2 Å². The highest BCUT2D eigenvalue weighted by Gasteiger charge is 2.54. The number of carbonyl (C=O) groups is 3. The Labute approximate surface area is 192 Å². The third kappa shape index (κ3) is 4.74. The lowest BCUT2D eigenvalue weighted by Crippen LogP contribution is -2.53. The normalized spacial score (nSPS) is 22.8. The van der Waals surface area contributed by atoms with Crippen molar-refractivity contribution in [1.29, 1.82) is 0 Å². The Bertz CT molecular complexity index is 1040. The van der Waals surface area contributed by atoms with E-state index in [1.165, 1.54) is 7.11 Å². The van der Waals surface area contributed by atoms with Gasteiger partial charge in [-0.3, -0.25) is 14.4 Å². The summed E-state index contributed by atoms with van der Waals surface area (Å²) in [6, 6.07) is 7.20. The van der Waals surface area contributed by atoms with Crippen LogP contribution in [0.25, 0.3) is 0 Å². The van der Waals surface area contributed by atoms with Crippen LogP contribution in [0.4, 0.5) is 0 Å². The molecular weight excluding hydrogens is 424 g/mol. The fourth-order valence-electron chi connectivity index (χ4n) is 4.98. The van der Waals surface area contributed by atoms with Crippen LogP contribution in [0.1, 0.15) is 55.8 Å². The number of esters is 1. The molecule has 2 aliphatic rings. The van der Waals surface area contributed by atoms with Gasteiger partial charge >= 0.3 is 5.97 Å². The van der Waals surface area contributed by atoms with E-state index in [-0.39, 0.29) is 43.7 Å². The van der Waals surface area contributed by atoms with Crippen LogP contribution in [0, 0.1) is 18.3 Å². The molecule has 2 amide bonds. The zero-order valence-electron chi connectivity index (χ0n) is 19.1. The van der Waals surface area contributed by atoms with Gasteiger partial charge in [0.15, 0.2) is 0 Å². The summed E-state index contributed by atoms with van der Waals surface area (Å²) in [6.45, 7) is 2.29. The highest BCUT2D eigenvalue weighted by molar-refractivity contribution is 5.92. The van der Waals surface area contributed by atoms with Crippen LogP contribution in [0.15, 0.2) is 51.1 Å². The Morgan fingerprint density at radius 2 is 2.09 bits per heavy atom. The first-order valence-electron chi connectivity index (χ1n) is 11.4. The molecule has 8 nitrogen and oxygen atoms in total. The molecule has 0 saturated carbocycles. The predicted molar refractivity (Wildman–Crippen MR) is 118 cm³/mol. The number of allylic oxidation sites excluding steroid dienone is 1. The van der Waals surface area contributed by atoms with Crippen molar-refractivity contribution >= 4 is 17.8 Å². The second-order valence-electron chi connectivity index (χ2n) is 8.81. The van der Waals surface area contributed by atoms with Gasteiger partial charge in [-0.1, -0.05) is 12.5 Å². The second kappa shape index (κ2) is 9.68. The molecule has 1 aliphatic heterocycles. The Morgan fingerprint density at radius 3 is 2.79 bits per heavy atom. The summed E-state index contributed by atoms with van der Waals surface area (Å²) in [6.07, 6.45) is 6.92. The summed E-state index contributed by atoms with van der Waals surface area (Å²) in [5, 5.41) is 2.83. The Morgan fingerprint density at radius 1 is 1.24 bits per heavy atom. The van der Waals surface area contributed by atoms with Crippen molar-refractivity contribution < 1.29 is 28.0 Å². The van der Waals surface area contributed by atoms with E-state index in [1.54, 1.807) is 29.4 Å². The molecule has 2 aromatic rings. The molecule has 1 N–H and O–H groups in total. The van der Waals surface area contributed by atoms with Gasteiger partial charge in [0.1, 0.15) is 22.7 Å². The van der Waals surface area contributed by atoms with E-state index in [0.29, 0.717) is 23.6 Å². The molecule has 0 bridgehead atoms. The predicted octanol–water partition coefficient (Wildman–Crippen LogP) is 3.85. The van der Waals surface area contributed by atoms with Crippen molar-refractivity contribution in [3.63, 3.8) is 0 Å². The van der Waals surface area contributed by atoms with Gasteiger partial charge in [0.25, 0.3) is 0 Å². The summed E-state index contributed by atoms with van der Waals surface area (Å²) in [7, 11) is 1.37. The van der Waals surface area contributed by atoms with Gasteiger partial charge in [0.2, 0.25) is 11.8 Å². The second-order valence-corrected chi connectivity index (χ2v) is 8.81. The van der Waals surface area contributed by atoms with Crippen LogP contribution >= 0.6 is 0 Å². The van der Waals surface area contributed by atoms with E-state index in [0.717, 1.165) is 25.0 Å². The molecular formula is C25H30N2O6. The van der Waals surface area contributed by atoms with E-state index >= 15 is 0 Å². The monoisotopic (exact) mass is 454 g/mol. The van der Waals surface area contributed by atoms with Gasteiger partial charge in [0.05, 0.1) is 26.5 Å². The third-order valence-electron chi connectivity index (χ3n) is 6.54. The number of hydrogen-bond acceptors (Lipinski definition) is 6. The van der Waals surface area contributed by atoms with Gasteiger partial charge in [-0.15, -0.1) is 0 Å². The maximum absolute atomic E-state index is 13.6. The van der Waals surface area contributed by atoms with E-state index in [9.17, 15) is 14.4 Å². The number of aryl methyl sites for hydroxylation is 1. The SMILES string of the molecule is COC(=O)[C@]12CCCCC=C1N(Cc1ccco1)C(=O)[C@H](CC(=O)NCc1ccc(C)o1)C2. The zero-order chi connectivity index (χ0) is 23.4. The fourth-order valence-corrected chi connectivity index (χ4v) is 4.98. The molecule has 176 valence electrons. The van der Waals surface area contributed by atoms with Gasteiger partial charge in [0, 0.05) is 18.0 Å². The van der Waals surface area contributed by atoms with Crippen LogP contribution in [0.5, 0.6) is 0 Å². The number of nitrogens with zero attached hydrogens (tertiary/aromatic N) is 1. The van der Waals surface area contributed by atoms with E-state index < -0.39 is 11.3 Å². The van der Waals surface area contributed by atoms with Crippen LogP contribution < -0.4 is 5.32 Å². The molecule has 2 aromatic heterocycles. The van der Waals surface area contributed by atoms with Crippen LogP contribution in [-0.4, -0.2) is 29.8 Å². The average Bonchev–Trinajstić information content (AvgIpc) is 3.42. The van der Waals surface area contributed by atoms with Crippen molar-refractivity contribution in [2.75, 3.05) is 7.11 Å². The first-order valence-corrected chi connectivity index (χ1v) is 11.4. The molecule has 1 aliphatic carbocycles. The lowest BCUT2D eigenvalue weighted by atomic mass is 9.69. The van der Waals surface area contributed by atoms with Crippen molar-refractivity contribution in [2.45, 2.75) is 58.5 Å². The van der Waals surface area contributed by atoms with Crippen molar-refractivity contribution in [3.05, 3.63) is 59.6 Å². The van der Waals surface area contributed by atoms with Gasteiger partial charge in [-0.25, -0.2) is 0 Å². The quantitative estimate of drug-likeness (QED) is 0.638. The highest BCUT2D eigenvalue weighted by atomic mass is 16.5. The maximum Gasteiger partial charge on any atom is 0.317 e. The number of piperidine rings is 1. The molecule has 0 spiro atoms.